The van der Waals surface area contributed by atoms with Gasteiger partial charge >= 0.3 is 5.97 Å². The highest BCUT2D eigenvalue weighted by molar-refractivity contribution is 9.10. The van der Waals surface area contributed by atoms with Crippen LogP contribution in [0.3, 0.4) is 0 Å². The SMILES string of the molecule is COCCCOc1cc(C[C@@H](C(C)C)n2ccc(=O)c(C(=O)OC(C)(C)C)c2)c(Br)nc1OC. The van der Waals surface area contributed by atoms with Gasteiger partial charge in [-0.05, 0) is 60.7 Å². The molecule has 0 spiro atoms. The Morgan fingerprint density at radius 1 is 1.21 bits per heavy atom. The molecule has 0 aliphatic carbocycles. The van der Waals surface area contributed by atoms with E-state index in [1.807, 2.05) is 10.6 Å². The summed E-state index contributed by atoms with van der Waals surface area (Å²) in [5, 5.41) is 0. The van der Waals surface area contributed by atoms with E-state index in [0.29, 0.717) is 35.9 Å². The minimum Gasteiger partial charge on any atom is -0.488 e. The third-order valence-corrected chi connectivity index (χ3v) is 5.75. The van der Waals surface area contributed by atoms with E-state index in [1.165, 1.54) is 6.07 Å². The zero-order valence-electron chi connectivity index (χ0n) is 21.0. The molecular formula is C25H35BrN2O6. The number of rotatable bonds is 11. The molecule has 2 rings (SSSR count). The highest BCUT2D eigenvalue weighted by atomic mass is 79.9. The molecule has 34 heavy (non-hydrogen) atoms. The van der Waals surface area contributed by atoms with Crippen molar-refractivity contribution in [1.82, 2.24) is 9.55 Å². The quantitative estimate of drug-likeness (QED) is 0.230. The summed E-state index contributed by atoms with van der Waals surface area (Å²) in [7, 11) is 3.20. The lowest BCUT2D eigenvalue weighted by molar-refractivity contribution is 0.00668. The fourth-order valence-electron chi connectivity index (χ4n) is 3.38. The first kappa shape index (κ1) is 27.9. The number of hydrogen-bond donors (Lipinski definition) is 0. The molecule has 9 heteroatoms. The summed E-state index contributed by atoms with van der Waals surface area (Å²) in [5.41, 5.74) is -0.135. The van der Waals surface area contributed by atoms with Gasteiger partial charge in [0.1, 0.15) is 15.8 Å². The molecule has 0 radical (unpaired) electrons. The van der Waals surface area contributed by atoms with Crippen molar-refractivity contribution in [2.45, 2.75) is 59.1 Å². The number of esters is 1. The molecule has 0 aromatic carbocycles. The summed E-state index contributed by atoms with van der Waals surface area (Å²) in [6.45, 7) is 10.6. The summed E-state index contributed by atoms with van der Waals surface area (Å²) in [6.07, 6.45) is 4.60. The molecule has 0 fully saturated rings. The Kier molecular flexibility index (Phi) is 10.1. The van der Waals surface area contributed by atoms with E-state index in [9.17, 15) is 9.59 Å². The van der Waals surface area contributed by atoms with Crippen LogP contribution in [0.1, 0.15) is 63.0 Å². The van der Waals surface area contributed by atoms with Crippen molar-refractivity contribution in [3.8, 4) is 11.6 Å². The third kappa shape index (κ3) is 7.84. The van der Waals surface area contributed by atoms with Crippen LogP contribution >= 0.6 is 15.9 Å². The Hall–Kier alpha value is -2.39. The Bertz CT molecular complexity index is 1030. The molecule has 2 aromatic heterocycles. The van der Waals surface area contributed by atoms with E-state index >= 15 is 0 Å². The van der Waals surface area contributed by atoms with Gasteiger partial charge in [-0.15, -0.1) is 0 Å². The highest BCUT2D eigenvalue weighted by Gasteiger charge is 2.24. The van der Waals surface area contributed by atoms with Gasteiger partial charge in [0.25, 0.3) is 5.88 Å². The van der Waals surface area contributed by atoms with Gasteiger partial charge in [-0.2, -0.15) is 0 Å². The van der Waals surface area contributed by atoms with Crippen LogP contribution in [0.15, 0.2) is 33.9 Å². The van der Waals surface area contributed by atoms with Crippen molar-refractivity contribution in [3.05, 3.63) is 50.5 Å². The first-order valence-electron chi connectivity index (χ1n) is 11.3. The molecule has 0 amide bonds. The van der Waals surface area contributed by atoms with E-state index in [0.717, 1.165) is 12.0 Å². The number of carbonyl (C=O) groups excluding carboxylic acids is 1. The zero-order chi connectivity index (χ0) is 25.5. The molecular weight excluding hydrogens is 504 g/mol. The maximum absolute atomic E-state index is 12.6. The van der Waals surface area contributed by atoms with E-state index in [1.54, 1.807) is 47.4 Å². The summed E-state index contributed by atoms with van der Waals surface area (Å²) in [6, 6.07) is 3.25. The van der Waals surface area contributed by atoms with Crippen molar-refractivity contribution in [2.75, 3.05) is 27.4 Å². The molecule has 188 valence electrons. The third-order valence-electron chi connectivity index (χ3n) is 5.07. The second kappa shape index (κ2) is 12.4. The number of aromatic nitrogens is 2. The number of ether oxygens (including phenoxy) is 4. The van der Waals surface area contributed by atoms with Crippen LogP contribution in [-0.4, -0.2) is 48.6 Å². The van der Waals surface area contributed by atoms with Gasteiger partial charge < -0.3 is 23.5 Å². The largest absolute Gasteiger partial charge is 0.488 e. The predicted octanol–water partition coefficient (Wildman–Crippen LogP) is 4.82. The van der Waals surface area contributed by atoms with Crippen LogP contribution in [0.2, 0.25) is 0 Å². The zero-order valence-corrected chi connectivity index (χ0v) is 22.6. The number of pyridine rings is 2. The van der Waals surface area contributed by atoms with Crippen LogP contribution in [0.25, 0.3) is 0 Å². The minimum absolute atomic E-state index is 0.0113. The van der Waals surface area contributed by atoms with E-state index in [-0.39, 0.29) is 23.0 Å². The molecule has 0 saturated heterocycles. The van der Waals surface area contributed by atoms with Crippen LogP contribution < -0.4 is 14.9 Å². The normalized spacial score (nSPS) is 12.5. The second-order valence-electron chi connectivity index (χ2n) is 9.33. The molecule has 0 bridgehead atoms. The standard InChI is InChI=1S/C25H35BrN2O6/c1-16(2)19(28-10-9-20(29)18(15-28)24(30)34-25(3,4)5)13-17-14-21(33-12-8-11-31-6)23(32-7)27-22(17)26/h9-10,14-16,19H,8,11-13H2,1-7H3/t19-/m0/s1. The van der Waals surface area contributed by atoms with Crippen molar-refractivity contribution in [2.24, 2.45) is 5.92 Å². The lowest BCUT2D eigenvalue weighted by atomic mass is 9.96. The van der Waals surface area contributed by atoms with E-state index in [4.69, 9.17) is 18.9 Å². The highest BCUT2D eigenvalue weighted by Crippen LogP contribution is 2.33. The van der Waals surface area contributed by atoms with Gasteiger partial charge in [0.05, 0.1) is 13.7 Å². The van der Waals surface area contributed by atoms with Crippen LogP contribution in [0.5, 0.6) is 11.6 Å². The summed E-state index contributed by atoms with van der Waals surface area (Å²) >= 11 is 3.55. The molecule has 0 N–H and O–H groups in total. The average molecular weight is 539 g/mol. The van der Waals surface area contributed by atoms with E-state index < -0.39 is 11.6 Å². The number of nitrogens with zero attached hydrogens (tertiary/aromatic N) is 2. The Balaban J connectivity index is 2.37. The molecule has 8 nitrogen and oxygen atoms in total. The average Bonchev–Trinajstić information content (AvgIpc) is 2.75. The smallest absolute Gasteiger partial charge is 0.344 e. The maximum Gasteiger partial charge on any atom is 0.344 e. The monoisotopic (exact) mass is 538 g/mol. The number of hydrogen-bond acceptors (Lipinski definition) is 7. The number of methoxy groups -OCH3 is 2. The Morgan fingerprint density at radius 2 is 1.91 bits per heavy atom. The number of carbonyl (C=O) groups is 1. The first-order chi connectivity index (χ1) is 16.0. The molecule has 2 aromatic rings. The lowest BCUT2D eigenvalue weighted by Gasteiger charge is -2.26. The van der Waals surface area contributed by atoms with Gasteiger partial charge in [-0.3, -0.25) is 4.79 Å². The van der Waals surface area contributed by atoms with Crippen molar-refractivity contribution in [1.29, 1.82) is 0 Å². The number of halogens is 1. The molecule has 0 aliphatic heterocycles. The van der Waals surface area contributed by atoms with Crippen molar-refractivity contribution < 1.29 is 23.7 Å². The molecule has 0 saturated carbocycles. The van der Waals surface area contributed by atoms with Crippen LogP contribution in [0, 0.1) is 5.92 Å². The maximum atomic E-state index is 12.6. The summed E-state index contributed by atoms with van der Waals surface area (Å²) in [5.74, 6) is 0.501. The summed E-state index contributed by atoms with van der Waals surface area (Å²) in [4.78, 5) is 29.5. The topological polar surface area (TPSA) is 88.9 Å². The van der Waals surface area contributed by atoms with Crippen LogP contribution in [0.4, 0.5) is 0 Å². The molecule has 0 unspecified atom stereocenters. The van der Waals surface area contributed by atoms with Gasteiger partial charge in [-0.25, -0.2) is 9.78 Å². The van der Waals surface area contributed by atoms with Crippen molar-refractivity contribution >= 4 is 21.9 Å². The van der Waals surface area contributed by atoms with Crippen LogP contribution in [-0.2, 0) is 15.9 Å². The van der Waals surface area contributed by atoms with Gasteiger partial charge in [-0.1, -0.05) is 13.8 Å². The Labute approximate surface area is 209 Å². The van der Waals surface area contributed by atoms with E-state index in [2.05, 4.69) is 34.8 Å². The predicted molar refractivity (Wildman–Crippen MR) is 134 cm³/mol. The summed E-state index contributed by atoms with van der Waals surface area (Å²) < 4.78 is 24.3. The fourth-order valence-corrected chi connectivity index (χ4v) is 3.81. The molecule has 1 atom stereocenters. The molecule has 0 aliphatic rings. The Morgan fingerprint density at radius 3 is 2.50 bits per heavy atom. The fraction of sp³-hybridized carbons (Fsp3) is 0.560. The molecule has 2 heterocycles. The lowest BCUT2D eigenvalue weighted by Crippen LogP contribution is -2.29. The first-order valence-corrected chi connectivity index (χ1v) is 12.1. The van der Waals surface area contributed by atoms with Gasteiger partial charge in [0, 0.05) is 44.6 Å². The van der Waals surface area contributed by atoms with Crippen molar-refractivity contribution in [3.63, 3.8) is 0 Å². The minimum atomic E-state index is -0.694. The van der Waals surface area contributed by atoms with Gasteiger partial charge in [0.15, 0.2) is 11.2 Å². The second-order valence-corrected chi connectivity index (χ2v) is 10.1. The van der Waals surface area contributed by atoms with Gasteiger partial charge in [0.2, 0.25) is 0 Å².